The zero-order valence-corrected chi connectivity index (χ0v) is 36.6. The monoisotopic (exact) mass is 848 g/mol. The Morgan fingerprint density at radius 3 is 2.25 bits per heavy atom. The molecule has 15 nitrogen and oxygen atoms in total. The molecular formula is C44H61N6O9P. The van der Waals surface area contributed by atoms with E-state index in [0.29, 0.717) is 29.1 Å². The van der Waals surface area contributed by atoms with E-state index in [9.17, 15) is 34.1 Å². The molecular weight excluding hydrogens is 787 g/mol. The van der Waals surface area contributed by atoms with Crippen LogP contribution in [0.2, 0.25) is 0 Å². The van der Waals surface area contributed by atoms with Crippen LogP contribution >= 0.6 is 7.82 Å². The van der Waals surface area contributed by atoms with Gasteiger partial charge < -0.3 is 45.5 Å². The fourth-order valence-corrected chi connectivity index (χ4v) is 8.23. The third kappa shape index (κ3) is 11.9. The number of fused-ring (bicyclic) bond motifs is 8. The molecule has 2 aliphatic heterocycles. The second kappa shape index (κ2) is 21.6. The highest BCUT2D eigenvalue weighted by molar-refractivity contribution is 7.44. The van der Waals surface area contributed by atoms with Gasteiger partial charge in [-0.2, -0.15) is 0 Å². The minimum absolute atomic E-state index is 0.0251. The Balaban J connectivity index is 0.000000790. The van der Waals surface area contributed by atoms with Crippen molar-refractivity contribution in [3.8, 4) is 0 Å². The van der Waals surface area contributed by atoms with Gasteiger partial charge in [0.2, 0.25) is 5.91 Å². The number of quaternary nitrogens is 1. The number of carbonyl (C=O) groups is 3. The number of aromatic amines is 2. The summed E-state index contributed by atoms with van der Waals surface area (Å²) in [6.07, 6.45) is 10.3. The van der Waals surface area contributed by atoms with Gasteiger partial charge >= 0.3 is 11.9 Å². The minimum atomic E-state index is -5.01. The van der Waals surface area contributed by atoms with Gasteiger partial charge in [-0.05, 0) is 86.9 Å². The smallest absolute Gasteiger partial charge is 0.338 e. The van der Waals surface area contributed by atoms with Crippen molar-refractivity contribution < 1.29 is 49.2 Å². The van der Waals surface area contributed by atoms with Crippen LogP contribution in [0.5, 0.6) is 0 Å². The molecule has 3 atom stereocenters. The van der Waals surface area contributed by atoms with E-state index in [1.807, 2.05) is 39.8 Å². The van der Waals surface area contributed by atoms with Crippen molar-refractivity contribution in [2.24, 2.45) is 0 Å². The average molecular weight is 849 g/mol. The molecule has 5 heterocycles. The lowest BCUT2D eigenvalue weighted by Crippen LogP contribution is -2.50. The number of amides is 1. The van der Waals surface area contributed by atoms with Crippen LogP contribution in [0.4, 0.5) is 0 Å². The molecule has 60 heavy (non-hydrogen) atoms. The number of aryl methyl sites for hydroxylation is 3. The molecule has 0 radical (unpaired) electrons. The lowest BCUT2D eigenvalue weighted by molar-refractivity contribution is -0.368. The van der Waals surface area contributed by atoms with Gasteiger partial charge in [0.1, 0.15) is 0 Å². The van der Waals surface area contributed by atoms with Gasteiger partial charge in [-0.15, -0.1) is 0 Å². The summed E-state index contributed by atoms with van der Waals surface area (Å²) < 4.78 is 15.4. The summed E-state index contributed by atoms with van der Waals surface area (Å²) in [6, 6.07) is 5.68. The molecule has 3 unspecified atom stereocenters. The molecule has 3 aromatic rings. The lowest BCUT2D eigenvalue weighted by atomic mass is 9.84. The van der Waals surface area contributed by atoms with E-state index in [1.165, 1.54) is 38.5 Å². The van der Waals surface area contributed by atoms with Crippen LogP contribution < -0.4 is 15.9 Å². The van der Waals surface area contributed by atoms with Crippen molar-refractivity contribution in [3.05, 3.63) is 75.4 Å². The van der Waals surface area contributed by atoms with Crippen LogP contribution in [0.15, 0.2) is 24.8 Å². The first kappa shape index (κ1) is 47.8. The van der Waals surface area contributed by atoms with Crippen LogP contribution in [-0.2, 0) is 36.3 Å². The van der Waals surface area contributed by atoms with Crippen LogP contribution in [0.3, 0.4) is 0 Å². The fraction of sp³-hybridized carbons (Fsp3) is 0.477. The number of nitrogens with one attached hydrogen (secondary N) is 3. The number of nitrogens with zero attached hydrogens (tertiary/aromatic N) is 2. The molecule has 2 aliphatic rings. The summed E-state index contributed by atoms with van der Waals surface area (Å²) in [4.78, 5) is 74.9. The number of carboxylic acids is 2. The largest absolute Gasteiger partial charge is 0.756 e. The van der Waals surface area contributed by atoms with Crippen molar-refractivity contribution in [2.45, 2.75) is 118 Å². The van der Waals surface area contributed by atoms with Crippen molar-refractivity contribution in [3.63, 3.8) is 0 Å². The van der Waals surface area contributed by atoms with E-state index in [0.717, 1.165) is 50.9 Å². The highest BCUT2D eigenvalue weighted by Crippen LogP contribution is 2.44. The number of carbonyl (C=O) groups excluding carboxylic acids is 1. The van der Waals surface area contributed by atoms with Crippen molar-refractivity contribution >= 4 is 65.0 Å². The van der Waals surface area contributed by atoms with Crippen LogP contribution in [0.25, 0.3) is 39.3 Å². The van der Waals surface area contributed by atoms with Gasteiger partial charge in [-0.3, -0.25) is 19.1 Å². The topological polar surface area (TPSA) is 258 Å². The van der Waals surface area contributed by atoms with Crippen molar-refractivity contribution in [1.29, 1.82) is 0 Å². The molecule has 0 spiro atoms. The number of unbranched alkanes of at least 4 members (excludes halogenated alkanes) is 5. The van der Waals surface area contributed by atoms with Gasteiger partial charge in [-0.25, -0.2) is 9.78 Å². The molecule has 326 valence electrons. The van der Waals surface area contributed by atoms with Crippen LogP contribution in [0.1, 0.15) is 141 Å². The van der Waals surface area contributed by atoms with Gasteiger partial charge in [-0.1, -0.05) is 59.1 Å². The normalized spacial score (nSPS) is 15.9. The number of aromatic nitrogens is 4. The quantitative estimate of drug-likeness (QED) is 0.0528. The predicted octanol–water partition coefficient (Wildman–Crippen LogP) is 6.63. The number of hydrogen-bond donors (Lipinski definition) is 7. The average Bonchev–Trinajstić information content (AvgIpc) is 3.87. The molecule has 0 saturated heterocycles. The highest BCUT2D eigenvalue weighted by atomic mass is 31.2. The summed E-state index contributed by atoms with van der Waals surface area (Å²) in [5.41, 5.74) is 12.6. The summed E-state index contributed by atoms with van der Waals surface area (Å²) in [7, 11) is -5.01. The first-order valence-corrected chi connectivity index (χ1v) is 22.2. The molecule has 3 aromatic heterocycles. The fourth-order valence-electron chi connectivity index (χ4n) is 7.91. The Kier molecular flexibility index (Phi) is 17.2. The first-order valence-electron chi connectivity index (χ1n) is 20.7. The number of phosphoric acid groups is 1. The number of phosphoric ester groups is 1. The Labute approximate surface area is 351 Å². The number of rotatable bonds is 18. The van der Waals surface area contributed by atoms with Crippen molar-refractivity contribution in [1.82, 2.24) is 25.3 Å². The lowest BCUT2D eigenvalue weighted by Gasteiger charge is -2.18. The van der Waals surface area contributed by atoms with Crippen LogP contribution in [0, 0.1) is 13.8 Å². The first-order chi connectivity index (χ1) is 28.5. The van der Waals surface area contributed by atoms with Gasteiger partial charge in [0, 0.05) is 63.7 Å². The predicted molar refractivity (Wildman–Crippen MR) is 232 cm³/mol. The van der Waals surface area contributed by atoms with Gasteiger partial charge in [0.25, 0.3) is 7.82 Å². The molecule has 9 N–H and O–H groups in total. The number of hydrogen-bond acceptors (Lipinski definition) is 8. The summed E-state index contributed by atoms with van der Waals surface area (Å²) in [6.45, 7) is 16.1. The second-order valence-corrected chi connectivity index (χ2v) is 16.6. The van der Waals surface area contributed by atoms with E-state index in [2.05, 4.69) is 39.0 Å². The number of carboxylic acid groups (broad SMARTS) is 2. The minimum Gasteiger partial charge on any atom is -0.756 e. The maximum atomic E-state index is 13.4. The number of aliphatic carboxylic acids is 2. The Morgan fingerprint density at radius 2 is 1.63 bits per heavy atom. The Bertz CT molecular complexity index is 2320. The standard InChI is InChI=1S/C36H42N5O9P.C8H19N/c1-7-21-17(3)25-14-27-19(5)23(9-10-32(43)44)34(40-27)24(13-31(42)37-11-12-50-51(47,48)49)35-33(36(45)46)20(6)28(41-35)16-30-22(8-2)18(4)26(39-30)15-29(21)38-25;1-2-3-4-5-6-7-8-9/h7,14-16,19,23,38-39H,1,8-13H2,2-6H3,(H,37,42)(H,43,44)(H,45,46)(H2,47,48,49);2-9H2,1H3. The zero-order chi connectivity index (χ0) is 44.3. The van der Waals surface area contributed by atoms with E-state index < -0.39 is 44.6 Å². The van der Waals surface area contributed by atoms with Crippen molar-refractivity contribution in [2.75, 3.05) is 19.7 Å². The summed E-state index contributed by atoms with van der Waals surface area (Å²) >= 11 is 0. The van der Waals surface area contributed by atoms with E-state index in [1.54, 1.807) is 19.1 Å². The number of H-pyrrole nitrogens is 2. The third-order valence-electron chi connectivity index (χ3n) is 11.2. The molecule has 0 saturated carbocycles. The molecule has 16 heteroatoms. The van der Waals surface area contributed by atoms with Gasteiger partial charge in [0.15, 0.2) is 0 Å². The molecule has 1 amide bonds. The number of allylic oxidation sites excluding steroid dienone is 1. The molecule has 0 aliphatic carbocycles. The molecule has 0 aromatic carbocycles. The highest BCUT2D eigenvalue weighted by Gasteiger charge is 2.35. The molecule has 8 bridgehead atoms. The summed E-state index contributed by atoms with van der Waals surface area (Å²) in [5, 5.41) is 22.7. The Hall–Kier alpha value is -4.92. The summed E-state index contributed by atoms with van der Waals surface area (Å²) in [5.74, 6) is -3.78. The van der Waals surface area contributed by atoms with E-state index in [4.69, 9.17) is 14.9 Å². The van der Waals surface area contributed by atoms with Crippen LogP contribution in [-0.4, -0.2) is 72.6 Å². The van der Waals surface area contributed by atoms with Gasteiger partial charge in [0.05, 0.1) is 42.2 Å². The second-order valence-electron chi connectivity index (χ2n) is 15.4. The Morgan fingerprint density at radius 1 is 0.967 bits per heavy atom. The SMILES string of the molecule is C=Cc1c(C)c2cc3nc(c(CC(=O)NCCOP(=O)([O-])O)c4nc(cc5[nH]c(cc1[nH]2)c(C)c5CC)C(C)=C4C(=O)O)C(CCC(=O)O)C3C.CCCCCCCC[NH3+]. The zero-order valence-electron chi connectivity index (χ0n) is 35.7. The molecule has 5 rings (SSSR count). The molecule has 0 fully saturated rings. The third-order valence-corrected chi connectivity index (χ3v) is 11.7. The maximum Gasteiger partial charge on any atom is 0.338 e. The van der Waals surface area contributed by atoms with E-state index >= 15 is 0 Å². The maximum absolute atomic E-state index is 13.4. The van der Waals surface area contributed by atoms with E-state index in [-0.39, 0.29) is 42.1 Å².